The Morgan fingerprint density at radius 1 is 1.23 bits per heavy atom. The van der Waals surface area contributed by atoms with Crippen molar-refractivity contribution in [2.75, 3.05) is 45.7 Å². The normalized spacial score (nSPS) is 17.2. The fourth-order valence-electron chi connectivity index (χ4n) is 3.65. The number of guanidine groups is 1. The van der Waals surface area contributed by atoms with Gasteiger partial charge in [-0.2, -0.15) is 0 Å². The Morgan fingerprint density at radius 3 is 2.77 bits per heavy atom. The van der Waals surface area contributed by atoms with E-state index < -0.39 is 0 Å². The summed E-state index contributed by atoms with van der Waals surface area (Å²) < 4.78 is 10.7. The molecule has 8 heteroatoms. The molecular formula is C22H33IN4O2S. The van der Waals surface area contributed by atoms with Gasteiger partial charge in [-0.05, 0) is 55.8 Å². The predicted molar refractivity (Wildman–Crippen MR) is 137 cm³/mol. The van der Waals surface area contributed by atoms with Crippen LogP contribution in [0.5, 0.6) is 11.5 Å². The molecule has 0 radical (unpaired) electrons. The standard InChI is InChI=1S/C22H32N4O2S.HI/c1-4-23-22(25-18-9-10-20(27-2)21(13-18)28-3)24-14-17-7-5-11-26(15-17)16-19-8-6-12-29-19;/h6,8-10,12-13,17H,4-5,7,11,14-16H2,1-3H3,(H2,23,24,25);1H. The maximum atomic E-state index is 5.40. The van der Waals surface area contributed by atoms with Crippen LogP contribution >= 0.6 is 35.3 Å². The van der Waals surface area contributed by atoms with Gasteiger partial charge in [-0.25, -0.2) is 0 Å². The second kappa shape index (κ2) is 13.0. The zero-order chi connectivity index (χ0) is 20.5. The summed E-state index contributed by atoms with van der Waals surface area (Å²) in [5.41, 5.74) is 0.922. The van der Waals surface area contributed by atoms with Crippen LogP contribution in [0.15, 0.2) is 40.7 Å². The van der Waals surface area contributed by atoms with Crippen molar-refractivity contribution in [2.24, 2.45) is 10.9 Å². The van der Waals surface area contributed by atoms with Gasteiger partial charge in [-0.1, -0.05) is 6.07 Å². The van der Waals surface area contributed by atoms with E-state index in [1.165, 1.54) is 24.3 Å². The number of benzene rings is 1. The van der Waals surface area contributed by atoms with Crippen LogP contribution in [-0.4, -0.2) is 51.3 Å². The third kappa shape index (κ3) is 7.31. The highest BCUT2D eigenvalue weighted by Gasteiger charge is 2.20. The molecule has 0 spiro atoms. The minimum atomic E-state index is 0. The van der Waals surface area contributed by atoms with Gasteiger partial charge < -0.3 is 20.1 Å². The summed E-state index contributed by atoms with van der Waals surface area (Å²) in [6, 6.07) is 10.2. The SMILES string of the molecule is CCNC(=NCC1CCCN(Cc2cccs2)C1)Nc1ccc(OC)c(OC)c1.I. The van der Waals surface area contributed by atoms with E-state index in [0.29, 0.717) is 17.4 Å². The van der Waals surface area contributed by atoms with E-state index in [1.807, 2.05) is 29.5 Å². The van der Waals surface area contributed by atoms with E-state index in [4.69, 9.17) is 14.5 Å². The van der Waals surface area contributed by atoms with Gasteiger partial charge in [0.25, 0.3) is 0 Å². The van der Waals surface area contributed by atoms with Crippen molar-refractivity contribution < 1.29 is 9.47 Å². The summed E-state index contributed by atoms with van der Waals surface area (Å²) in [5, 5.41) is 8.88. The first-order valence-electron chi connectivity index (χ1n) is 10.2. The van der Waals surface area contributed by atoms with Gasteiger partial charge in [0.2, 0.25) is 0 Å². The van der Waals surface area contributed by atoms with Gasteiger partial charge in [0.15, 0.2) is 17.5 Å². The van der Waals surface area contributed by atoms with Gasteiger partial charge in [0, 0.05) is 42.8 Å². The van der Waals surface area contributed by atoms with Crippen molar-refractivity contribution in [2.45, 2.75) is 26.3 Å². The molecule has 0 saturated carbocycles. The molecule has 30 heavy (non-hydrogen) atoms. The molecule has 166 valence electrons. The highest BCUT2D eigenvalue weighted by atomic mass is 127. The summed E-state index contributed by atoms with van der Waals surface area (Å²) in [5.74, 6) is 2.80. The lowest BCUT2D eigenvalue weighted by Crippen LogP contribution is -2.37. The molecule has 1 unspecified atom stereocenters. The average Bonchev–Trinajstić information content (AvgIpc) is 3.25. The van der Waals surface area contributed by atoms with Crippen molar-refractivity contribution in [1.29, 1.82) is 0 Å². The molecule has 2 aromatic rings. The summed E-state index contributed by atoms with van der Waals surface area (Å²) in [6.07, 6.45) is 2.48. The van der Waals surface area contributed by atoms with E-state index in [9.17, 15) is 0 Å². The van der Waals surface area contributed by atoms with Crippen LogP contribution in [0.25, 0.3) is 0 Å². The lowest BCUT2D eigenvalue weighted by Gasteiger charge is -2.31. The van der Waals surface area contributed by atoms with E-state index >= 15 is 0 Å². The first-order valence-corrected chi connectivity index (χ1v) is 11.1. The van der Waals surface area contributed by atoms with Crippen LogP contribution in [0.1, 0.15) is 24.6 Å². The number of hydrogen-bond acceptors (Lipinski definition) is 5. The molecule has 6 nitrogen and oxygen atoms in total. The van der Waals surface area contributed by atoms with Gasteiger partial charge in [0.1, 0.15) is 0 Å². The molecular weight excluding hydrogens is 511 g/mol. The second-order valence-corrected chi connectivity index (χ2v) is 8.27. The minimum absolute atomic E-state index is 0. The first-order chi connectivity index (χ1) is 14.2. The third-order valence-electron chi connectivity index (χ3n) is 5.06. The lowest BCUT2D eigenvalue weighted by atomic mass is 9.98. The minimum Gasteiger partial charge on any atom is -0.493 e. The van der Waals surface area contributed by atoms with Crippen LogP contribution in [0.3, 0.4) is 0 Å². The zero-order valence-electron chi connectivity index (χ0n) is 18.0. The van der Waals surface area contributed by atoms with E-state index in [0.717, 1.165) is 37.8 Å². The summed E-state index contributed by atoms with van der Waals surface area (Å²) >= 11 is 1.84. The maximum absolute atomic E-state index is 5.40. The monoisotopic (exact) mass is 544 g/mol. The number of piperidine rings is 1. The fraction of sp³-hybridized carbons (Fsp3) is 0.500. The highest BCUT2D eigenvalue weighted by Crippen LogP contribution is 2.29. The van der Waals surface area contributed by atoms with Gasteiger partial charge in [-0.3, -0.25) is 9.89 Å². The zero-order valence-corrected chi connectivity index (χ0v) is 21.2. The van der Waals surface area contributed by atoms with Gasteiger partial charge in [0.05, 0.1) is 14.2 Å². The number of anilines is 1. The number of ether oxygens (including phenoxy) is 2. The number of methoxy groups -OCH3 is 2. The molecule has 1 aromatic carbocycles. The molecule has 0 aliphatic carbocycles. The van der Waals surface area contributed by atoms with E-state index in [-0.39, 0.29) is 24.0 Å². The number of nitrogens with one attached hydrogen (secondary N) is 2. The number of nitrogens with zero attached hydrogens (tertiary/aromatic N) is 2. The third-order valence-corrected chi connectivity index (χ3v) is 5.92. The van der Waals surface area contributed by atoms with Crippen LogP contribution < -0.4 is 20.1 Å². The smallest absolute Gasteiger partial charge is 0.195 e. The van der Waals surface area contributed by atoms with Gasteiger partial charge >= 0.3 is 0 Å². The Balaban J connectivity index is 0.00000320. The van der Waals surface area contributed by atoms with Crippen LogP contribution in [0.4, 0.5) is 5.69 Å². The molecule has 0 amide bonds. The molecule has 1 aliphatic rings. The van der Waals surface area contributed by atoms with Crippen LogP contribution in [-0.2, 0) is 6.54 Å². The molecule has 1 aliphatic heterocycles. The molecule has 1 fully saturated rings. The van der Waals surface area contributed by atoms with Crippen LogP contribution in [0, 0.1) is 5.92 Å². The number of hydrogen-bond donors (Lipinski definition) is 2. The Kier molecular flexibility index (Phi) is 10.7. The molecule has 1 aromatic heterocycles. The number of aliphatic imine (C=N–C) groups is 1. The van der Waals surface area contributed by atoms with Crippen molar-refractivity contribution >= 4 is 47.0 Å². The fourth-order valence-corrected chi connectivity index (χ4v) is 4.39. The van der Waals surface area contributed by atoms with Crippen molar-refractivity contribution in [1.82, 2.24) is 10.2 Å². The first kappa shape index (κ1) is 24.7. The number of halogens is 1. The molecule has 1 saturated heterocycles. The summed E-state index contributed by atoms with van der Waals surface area (Å²) in [7, 11) is 3.29. The Bertz CT molecular complexity index is 785. The highest BCUT2D eigenvalue weighted by molar-refractivity contribution is 14.0. The largest absolute Gasteiger partial charge is 0.493 e. The summed E-state index contributed by atoms with van der Waals surface area (Å²) in [4.78, 5) is 8.86. The van der Waals surface area contributed by atoms with E-state index in [2.05, 4.69) is 40.0 Å². The second-order valence-electron chi connectivity index (χ2n) is 7.24. The van der Waals surface area contributed by atoms with Gasteiger partial charge in [-0.15, -0.1) is 35.3 Å². The topological polar surface area (TPSA) is 58.1 Å². The molecule has 2 N–H and O–H groups in total. The maximum Gasteiger partial charge on any atom is 0.195 e. The average molecular weight is 545 g/mol. The predicted octanol–water partition coefficient (Wildman–Crippen LogP) is 4.67. The van der Waals surface area contributed by atoms with Crippen molar-refractivity contribution in [3.05, 3.63) is 40.6 Å². The van der Waals surface area contributed by atoms with Crippen molar-refractivity contribution in [3.8, 4) is 11.5 Å². The van der Waals surface area contributed by atoms with E-state index in [1.54, 1.807) is 14.2 Å². The quantitative estimate of drug-likeness (QED) is 0.288. The lowest BCUT2D eigenvalue weighted by molar-refractivity contribution is 0.172. The Morgan fingerprint density at radius 2 is 2.07 bits per heavy atom. The number of rotatable bonds is 8. The molecule has 1 atom stereocenters. The Labute approximate surface area is 201 Å². The number of likely N-dealkylation sites (tertiary alicyclic amines) is 1. The molecule has 0 bridgehead atoms. The van der Waals surface area contributed by atoms with Crippen molar-refractivity contribution in [3.63, 3.8) is 0 Å². The molecule has 2 heterocycles. The summed E-state index contributed by atoms with van der Waals surface area (Å²) in [6.45, 7) is 7.06. The van der Waals surface area contributed by atoms with Crippen LogP contribution in [0.2, 0.25) is 0 Å². The number of thiophene rings is 1. The Hall–Kier alpha value is -1.52. The molecule has 3 rings (SSSR count).